The summed E-state index contributed by atoms with van der Waals surface area (Å²) in [6.07, 6.45) is 33.6. The first kappa shape index (κ1) is 43.1. The molecule has 0 aliphatic carbocycles. The van der Waals surface area contributed by atoms with E-state index in [2.05, 4.69) is 26.0 Å². The van der Waals surface area contributed by atoms with Crippen molar-refractivity contribution in [2.45, 2.75) is 206 Å². The number of allylic oxidation sites excluding steroid dienone is 2. The Kier molecular flexibility index (Phi) is 30.2. The number of Topliss-reactive ketones (excluding diaryl/α,β-unsaturated/α-hetero) is 2. The van der Waals surface area contributed by atoms with Crippen molar-refractivity contribution in [3.8, 4) is 0 Å². The smallest absolute Gasteiger partial charge is 0.319 e. The lowest BCUT2D eigenvalue weighted by Gasteiger charge is -2.22. The highest BCUT2D eigenvalue weighted by molar-refractivity contribution is 7.46. The average molecular weight is 644 g/mol. The summed E-state index contributed by atoms with van der Waals surface area (Å²) in [7, 11) is -4.96. The zero-order chi connectivity index (χ0) is 32.7. The number of phosphoric ester groups is 1. The number of carbonyl (C=O) groups is 2. The molecule has 0 amide bonds. The van der Waals surface area contributed by atoms with Crippen LogP contribution < -0.4 is 5.73 Å². The van der Waals surface area contributed by atoms with Crippen LogP contribution in [0.3, 0.4) is 0 Å². The molecule has 0 rings (SSSR count). The van der Waals surface area contributed by atoms with E-state index in [1.54, 1.807) is 0 Å². The Balaban J connectivity index is 4.08. The Bertz CT molecular complexity index is 753. The van der Waals surface area contributed by atoms with Gasteiger partial charge in [0.05, 0.1) is 6.04 Å². The van der Waals surface area contributed by atoms with E-state index in [0.29, 0.717) is 12.8 Å². The predicted octanol–water partition coefficient (Wildman–Crippen LogP) is 10.4. The van der Waals surface area contributed by atoms with Crippen molar-refractivity contribution in [1.29, 1.82) is 0 Å². The number of hydrogen-bond acceptors (Lipinski definition) is 5. The quantitative estimate of drug-likeness (QED) is 0.0362. The molecule has 0 aromatic carbocycles. The van der Waals surface area contributed by atoms with Crippen LogP contribution >= 0.6 is 7.82 Å². The molecule has 0 bridgehead atoms. The van der Waals surface area contributed by atoms with Crippen LogP contribution in [0.25, 0.3) is 0 Å². The number of phosphoric acid groups is 1. The van der Waals surface area contributed by atoms with Crippen molar-refractivity contribution in [2.24, 2.45) is 5.73 Å². The molecular formula is C36H70NO6P. The Labute approximate surface area is 271 Å². The highest BCUT2D eigenvalue weighted by atomic mass is 31.2. The van der Waals surface area contributed by atoms with E-state index in [1.807, 2.05) is 0 Å². The monoisotopic (exact) mass is 643 g/mol. The van der Waals surface area contributed by atoms with Gasteiger partial charge >= 0.3 is 7.82 Å². The van der Waals surface area contributed by atoms with Gasteiger partial charge in [0.15, 0.2) is 11.6 Å². The molecule has 0 aromatic rings. The fraction of sp³-hybridized carbons (Fsp3) is 0.889. The standard InChI is InChI=1S/C36H70NO6P/c1-3-5-7-9-11-13-15-17-18-20-21-23-25-27-29-31-33(38)35(37)36(43-44(40,41)42)34(39)32-30-28-26-24-22-19-16-14-12-10-8-6-4-2/h17-18,35-36H,3-16,19-32,37H2,1-2H3,(H2,40,41,42)/b18-17-. The third-order valence-electron chi connectivity index (χ3n) is 8.48. The van der Waals surface area contributed by atoms with Crippen molar-refractivity contribution >= 4 is 19.4 Å². The molecule has 0 fully saturated rings. The maximum absolute atomic E-state index is 12.8. The normalized spacial score (nSPS) is 13.5. The highest BCUT2D eigenvalue weighted by Gasteiger charge is 2.36. The molecule has 0 heterocycles. The van der Waals surface area contributed by atoms with Gasteiger partial charge in [-0.25, -0.2) is 4.57 Å². The van der Waals surface area contributed by atoms with Crippen LogP contribution in [0.4, 0.5) is 0 Å². The van der Waals surface area contributed by atoms with Gasteiger partial charge in [0.1, 0.15) is 6.10 Å². The molecule has 2 atom stereocenters. The van der Waals surface area contributed by atoms with Gasteiger partial charge in [-0.3, -0.25) is 14.1 Å². The van der Waals surface area contributed by atoms with Crippen molar-refractivity contribution in [3.05, 3.63) is 12.2 Å². The molecule has 7 nitrogen and oxygen atoms in total. The fourth-order valence-electron chi connectivity index (χ4n) is 5.64. The Hall–Kier alpha value is -0.850. The summed E-state index contributed by atoms with van der Waals surface area (Å²) in [5.74, 6) is -0.874. The second-order valence-electron chi connectivity index (χ2n) is 12.8. The molecule has 4 N–H and O–H groups in total. The van der Waals surface area contributed by atoms with Crippen molar-refractivity contribution in [1.82, 2.24) is 0 Å². The van der Waals surface area contributed by atoms with E-state index < -0.39 is 25.8 Å². The maximum atomic E-state index is 12.8. The largest absolute Gasteiger partial charge is 0.470 e. The second kappa shape index (κ2) is 30.8. The number of carbonyl (C=O) groups excluding carboxylic acids is 2. The van der Waals surface area contributed by atoms with E-state index in [0.717, 1.165) is 51.4 Å². The van der Waals surface area contributed by atoms with Gasteiger partial charge in [-0.1, -0.05) is 154 Å². The number of nitrogens with two attached hydrogens (primary N) is 1. The van der Waals surface area contributed by atoms with Gasteiger partial charge in [0.25, 0.3) is 0 Å². The van der Waals surface area contributed by atoms with Gasteiger partial charge in [0, 0.05) is 12.8 Å². The Morgan fingerprint density at radius 3 is 1.25 bits per heavy atom. The van der Waals surface area contributed by atoms with Crippen LogP contribution in [0.2, 0.25) is 0 Å². The molecule has 0 aliphatic heterocycles. The van der Waals surface area contributed by atoms with Crippen molar-refractivity contribution < 1.29 is 28.5 Å². The first-order chi connectivity index (χ1) is 21.2. The molecular weight excluding hydrogens is 573 g/mol. The van der Waals surface area contributed by atoms with Crippen LogP contribution in [0.1, 0.15) is 194 Å². The molecule has 2 unspecified atom stereocenters. The van der Waals surface area contributed by atoms with E-state index in [-0.39, 0.29) is 18.6 Å². The van der Waals surface area contributed by atoms with Gasteiger partial charge < -0.3 is 15.5 Å². The van der Waals surface area contributed by atoms with Gasteiger partial charge in [-0.05, 0) is 38.5 Å². The summed E-state index contributed by atoms with van der Waals surface area (Å²) in [5, 5.41) is 0. The topological polar surface area (TPSA) is 127 Å². The van der Waals surface area contributed by atoms with E-state index in [1.165, 1.54) is 103 Å². The summed E-state index contributed by atoms with van der Waals surface area (Å²) in [5.41, 5.74) is 6.03. The molecule has 0 saturated heterocycles. The summed E-state index contributed by atoms with van der Waals surface area (Å²) in [4.78, 5) is 44.1. The molecule has 8 heteroatoms. The zero-order valence-electron chi connectivity index (χ0n) is 28.7. The highest BCUT2D eigenvalue weighted by Crippen LogP contribution is 2.38. The van der Waals surface area contributed by atoms with Crippen molar-refractivity contribution in [3.63, 3.8) is 0 Å². The minimum absolute atomic E-state index is 0.108. The second-order valence-corrected chi connectivity index (χ2v) is 14.0. The Morgan fingerprint density at radius 1 is 0.568 bits per heavy atom. The molecule has 0 aliphatic rings. The van der Waals surface area contributed by atoms with E-state index in [9.17, 15) is 23.9 Å². The SMILES string of the molecule is CCCCCCCC/C=C\CCCCCCCC(=O)C(N)C(OP(=O)(O)O)C(=O)CCCCCCCCCCCCCCC. The first-order valence-corrected chi connectivity index (χ1v) is 20.0. The van der Waals surface area contributed by atoms with E-state index in [4.69, 9.17) is 10.3 Å². The van der Waals surface area contributed by atoms with Crippen LogP contribution in [0.15, 0.2) is 12.2 Å². The van der Waals surface area contributed by atoms with Crippen LogP contribution in [-0.2, 0) is 18.7 Å². The predicted molar refractivity (Wildman–Crippen MR) is 185 cm³/mol. The molecule has 260 valence electrons. The van der Waals surface area contributed by atoms with Gasteiger partial charge in [-0.15, -0.1) is 0 Å². The summed E-state index contributed by atoms with van der Waals surface area (Å²) >= 11 is 0. The number of rotatable bonds is 34. The van der Waals surface area contributed by atoms with E-state index >= 15 is 0 Å². The lowest BCUT2D eigenvalue weighted by atomic mass is 9.96. The molecule has 44 heavy (non-hydrogen) atoms. The number of ketones is 2. The van der Waals surface area contributed by atoms with Crippen LogP contribution in [0, 0.1) is 0 Å². The molecule has 0 aromatic heterocycles. The average Bonchev–Trinajstić information content (AvgIpc) is 2.99. The number of unbranched alkanes of at least 4 members (excludes halogenated alkanes) is 23. The van der Waals surface area contributed by atoms with Gasteiger partial charge in [-0.2, -0.15) is 0 Å². The lowest BCUT2D eigenvalue weighted by molar-refractivity contribution is -0.133. The molecule has 0 spiro atoms. The number of hydrogen-bond donors (Lipinski definition) is 3. The third kappa shape index (κ3) is 28.6. The fourth-order valence-corrected chi connectivity index (χ4v) is 6.18. The van der Waals surface area contributed by atoms with Crippen LogP contribution in [0.5, 0.6) is 0 Å². The maximum Gasteiger partial charge on any atom is 0.470 e. The summed E-state index contributed by atoms with van der Waals surface area (Å²) in [6.45, 7) is 4.48. The first-order valence-electron chi connectivity index (χ1n) is 18.4. The third-order valence-corrected chi connectivity index (χ3v) is 8.98. The minimum Gasteiger partial charge on any atom is -0.319 e. The molecule has 0 radical (unpaired) electrons. The molecule has 0 saturated carbocycles. The zero-order valence-corrected chi connectivity index (χ0v) is 29.6. The Morgan fingerprint density at radius 2 is 0.886 bits per heavy atom. The summed E-state index contributed by atoms with van der Waals surface area (Å²) in [6, 6.07) is -1.35. The van der Waals surface area contributed by atoms with Crippen molar-refractivity contribution in [2.75, 3.05) is 0 Å². The summed E-state index contributed by atoms with van der Waals surface area (Å²) < 4.78 is 16.3. The van der Waals surface area contributed by atoms with Gasteiger partial charge in [0.2, 0.25) is 0 Å². The lowest BCUT2D eigenvalue weighted by Crippen LogP contribution is -2.47. The van der Waals surface area contributed by atoms with Crippen LogP contribution in [-0.4, -0.2) is 33.5 Å². The minimum atomic E-state index is -4.96.